The number of hydrogen-bond donors (Lipinski definition) is 2. The molecule has 0 aliphatic heterocycles. The van der Waals surface area contributed by atoms with E-state index in [9.17, 15) is 9.90 Å². The van der Waals surface area contributed by atoms with E-state index in [4.69, 9.17) is 0 Å². The summed E-state index contributed by atoms with van der Waals surface area (Å²) in [5.41, 5.74) is 0.955. The first kappa shape index (κ1) is 14.5. The quantitative estimate of drug-likeness (QED) is 0.769. The number of nitrogens with zero attached hydrogens (tertiary/aromatic N) is 1. The maximum absolute atomic E-state index is 11.7. The SMILES string of the molecule is CCNC(=O)CN(CC(O)CC)c1ccccc1. The van der Waals surface area contributed by atoms with Gasteiger partial charge in [-0.25, -0.2) is 0 Å². The molecule has 1 aromatic rings. The molecule has 1 atom stereocenters. The summed E-state index contributed by atoms with van der Waals surface area (Å²) in [5.74, 6) is -0.0235. The van der Waals surface area contributed by atoms with Crippen LogP contribution in [0.3, 0.4) is 0 Å². The molecule has 1 amide bonds. The van der Waals surface area contributed by atoms with Crippen LogP contribution < -0.4 is 10.2 Å². The molecule has 0 aliphatic rings. The highest BCUT2D eigenvalue weighted by atomic mass is 16.3. The maximum Gasteiger partial charge on any atom is 0.239 e. The van der Waals surface area contributed by atoms with Crippen molar-refractivity contribution in [2.45, 2.75) is 26.4 Å². The van der Waals surface area contributed by atoms with Crippen molar-refractivity contribution in [2.24, 2.45) is 0 Å². The zero-order valence-corrected chi connectivity index (χ0v) is 11.1. The molecule has 0 aliphatic carbocycles. The number of aliphatic hydroxyl groups is 1. The van der Waals surface area contributed by atoms with Crippen molar-refractivity contribution in [1.82, 2.24) is 5.32 Å². The molecule has 2 N–H and O–H groups in total. The fourth-order valence-corrected chi connectivity index (χ4v) is 1.71. The number of carbonyl (C=O) groups excluding carboxylic acids is 1. The second-order valence-corrected chi connectivity index (χ2v) is 4.23. The van der Waals surface area contributed by atoms with Crippen LogP contribution in [0.5, 0.6) is 0 Å². The van der Waals surface area contributed by atoms with Crippen LogP contribution in [0.2, 0.25) is 0 Å². The maximum atomic E-state index is 11.7. The lowest BCUT2D eigenvalue weighted by molar-refractivity contribution is -0.119. The number of rotatable bonds is 7. The van der Waals surface area contributed by atoms with Crippen molar-refractivity contribution < 1.29 is 9.90 Å². The topological polar surface area (TPSA) is 52.6 Å². The van der Waals surface area contributed by atoms with Crippen LogP contribution in [0.15, 0.2) is 30.3 Å². The average Bonchev–Trinajstić information content (AvgIpc) is 2.39. The Morgan fingerprint density at radius 2 is 2.00 bits per heavy atom. The van der Waals surface area contributed by atoms with E-state index < -0.39 is 6.10 Å². The summed E-state index contributed by atoms with van der Waals surface area (Å²) in [7, 11) is 0. The number of aliphatic hydroxyl groups excluding tert-OH is 1. The molecule has 0 aromatic heterocycles. The molecule has 0 radical (unpaired) electrons. The van der Waals surface area contributed by atoms with Crippen LogP contribution in [0.4, 0.5) is 5.69 Å². The normalized spacial score (nSPS) is 11.9. The van der Waals surface area contributed by atoms with E-state index in [2.05, 4.69) is 5.32 Å². The standard InChI is InChI=1S/C14H22N2O2/c1-3-13(17)10-16(11-14(18)15-4-2)12-8-6-5-7-9-12/h5-9,13,17H,3-4,10-11H2,1-2H3,(H,15,18). The monoisotopic (exact) mass is 250 g/mol. The number of anilines is 1. The Kier molecular flexibility index (Phi) is 6.22. The number of carbonyl (C=O) groups is 1. The zero-order valence-electron chi connectivity index (χ0n) is 11.1. The van der Waals surface area contributed by atoms with Gasteiger partial charge < -0.3 is 15.3 Å². The highest BCUT2D eigenvalue weighted by Crippen LogP contribution is 2.13. The first-order valence-electron chi connectivity index (χ1n) is 6.42. The highest BCUT2D eigenvalue weighted by Gasteiger charge is 2.14. The fourth-order valence-electron chi connectivity index (χ4n) is 1.71. The highest BCUT2D eigenvalue weighted by molar-refractivity contribution is 5.81. The molecule has 0 bridgehead atoms. The molecule has 18 heavy (non-hydrogen) atoms. The lowest BCUT2D eigenvalue weighted by Crippen LogP contribution is -2.40. The molecule has 0 fully saturated rings. The van der Waals surface area contributed by atoms with Crippen LogP contribution in [0, 0.1) is 0 Å². The van der Waals surface area contributed by atoms with Gasteiger partial charge in [0.05, 0.1) is 12.6 Å². The van der Waals surface area contributed by atoms with Gasteiger partial charge >= 0.3 is 0 Å². The lowest BCUT2D eigenvalue weighted by atomic mass is 10.2. The number of nitrogens with one attached hydrogen (secondary N) is 1. The van der Waals surface area contributed by atoms with Crippen molar-refractivity contribution in [1.29, 1.82) is 0 Å². The molecule has 100 valence electrons. The van der Waals surface area contributed by atoms with Crippen molar-refractivity contribution in [3.63, 3.8) is 0 Å². The van der Waals surface area contributed by atoms with Gasteiger partial charge in [0, 0.05) is 18.8 Å². The third-order valence-electron chi connectivity index (χ3n) is 2.73. The molecule has 0 saturated carbocycles. The van der Waals surface area contributed by atoms with E-state index in [-0.39, 0.29) is 12.5 Å². The molecule has 1 unspecified atom stereocenters. The molecule has 0 saturated heterocycles. The summed E-state index contributed by atoms with van der Waals surface area (Å²) < 4.78 is 0. The van der Waals surface area contributed by atoms with Crippen LogP contribution in [-0.2, 0) is 4.79 Å². The van der Waals surface area contributed by atoms with Gasteiger partial charge in [-0.3, -0.25) is 4.79 Å². The minimum Gasteiger partial charge on any atom is -0.391 e. The van der Waals surface area contributed by atoms with Crippen molar-refractivity contribution in [3.8, 4) is 0 Å². The Morgan fingerprint density at radius 3 is 2.56 bits per heavy atom. The first-order chi connectivity index (χ1) is 8.67. The van der Waals surface area contributed by atoms with Crippen LogP contribution in [0.25, 0.3) is 0 Å². The summed E-state index contributed by atoms with van der Waals surface area (Å²) in [6.45, 7) is 5.19. The third kappa shape index (κ3) is 4.75. The molecular weight excluding hydrogens is 228 g/mol. The Morgan fingerprint density at radius 1 is 1.33 bits per heavy atom. The summed E-state index contributed by atoms with van der Waals surface area (Å²) in [5, 5.41) is 12.5. The number of hydrogen-bond acceptors (Lipinski definition) is 3. The van der Waals surface area contributed by atoms with Crippen molar-refractivity contribution in [2.75, 3.05) is 24.5 Å². The lowest BCUT2D eigenvalue weighted by Gasteiger charge is -2.26. The number of likely N-dealkylation sites (N-methyl/N-ethyl adjacent to an activating group) is 1. The van der Waals surface area contributed by atoms with E-state index in [0.29, 0.717) is 19.5 Å². The molecule has 0 spiro atoms. The van der Waals surface area contributed by atoms with Crippen LogP contribution >= 0.6 is 0 Å². The molecule has 1 rings (SSSR count). The van der Waals surface area contributed by atoms with Crippen molar-refractivity contribution in [3.05, 3.63) is 30.3 Å². The average molecular weight is 250 g/mol. The van der Waals surface area contributed by atoms with Gasteiger partial charge in [-0.1, -0.05) is 25.1 Å². The summed E-state index contributed by atoms with van der Waals surface area (Å²) in [6, 6.07) is 9.68. The van der Waals surface area contributed by atoms with Crippen molar-refractivity contribution >= 4 is 11.6 Å². The van der Waals surface area contributed by atoms with E-state index in [1.54, 1.807) is 0 Å². The van der Waals surface area contributed by atoms with Gasteiger partial charge in [-0.05, 0) is 25.5 Å². The summed E-state index contributed by atoms with van der Waals surface area (Å²) >= 11 is 0. The van der Waals surface area contributed by atoms with Gasteiger partial charge in [0.2, 0.25) is 5.91 Å². The number of benzene rings is 1. The number of amides is 1. The number of para-hydroxylation sites is 1. The Balaban J connectivity index is 2.72. The van der Waals surface area contributed by atoms with Crippen LogP contribution in [0.1, 0.15) is 20.3 Å². The zero-order chi connectivity index (χ0) is 13.4. The molecule has 1 aromatic carbocycles. The second-order valence-electron chi connectivity index (χ2n) is 4.23. The smallest absolute Gasteiger partial charge is 0.239 e. The van der Waals surface area contributed by atoms with Gasteiger partial charge in [0.15, 0.2) is 0 Å². The predicted octanol–water partition coefficient (Wildman–Crippen LogP) is 1.40. The summed E-state index contributed by atoms with van der Waals surface area (Å²) in [4.78, 5) is 13.6. The molecule has 4 nitrogen and oxygen atoms in total. The van der Waals surface area contributed by atoms with E-state index in [0.717, 1.165) is 5.69 Å². The molecule has 4 heteroatoms. The van der Waals surface area contributed by atoms with Crippen LogP contribution in [-0.4, -0.2) is 36.8 Å². The van der Waals surface area contributed by atoms with E-state index in [1.165, 1.54) is 0 Å². The van der Waals surface area contributed by atoms with Gasteiger partial charge in [-0.2, -0.15) is 0 Å². The Hall–Kier alpha value is -1.55. The van der Waals surface area contributed by atoms with Gasteiger partial charge in [0.1, 0.15) is 0 Å². The minimum atomic E-state index is -0.417. The Bertz CT molecular complexity index is 354. The fraction of sp³-hybridized carbons (Fsp3) is 0.500. The predicted molar refractivity (Wildman–Crippen MR) is 73.6 cm³/mol. The van der Waals surface area contributed by atoms with Gasteiger partial charge in [0.25, 0.3) is 0 Å². The first-order valence-corrected chi connectivity index (χ1v) is 6.42. The molecule has 0 heterocycles. The summed E-state index contributed by atoms with van der Waals surface area (Å²) in [6.07, 6.45) is 0.262. The second kappa shape index (κ2) is 7.71. The third-order valence-corrected chi connectivity index (χ3v) is 2.73. The molecular formula is C14H22N2O2. The van der Waals surface area contributed by atoms with E-state index >= 15 is 0 Å². The van der Waals surface area contributed by atoms with Gasteiger partial charge in [-0.15, -0.1) is 0 Å². The largest absolute Gasteiger partial charge is 0.391 e. The van der Waals surface area contributed by atoms with E-state index in [1.807, 2.05) is 49.1 Å². The minimum absolute atomic E-state index is 0.0235. The Labute approximate surface area is 109 Å².